The van der Waals surface area contributed by atoms with Gasteiger partial charge in [0.05, 0.1) is 11.7 Å². The maximum Gasteiger partial charge on any atom is 0.338 e. The lowest BCUT2D eigenvalue weighted by atomic mass is 10.2. The number of pyridine rings is 1. The number of ether oxygens (including phenoxy) is 1. The number of rotatable bonds is 5. The lowest BCUT2D eigenvalue weighted by molar-refractivity contribution is 0.0378. The minimum Gasteiger partial charge on any atom is -0.459 e. The van der Waals surface area contributed by atoms with Gasteiger partial charge in [0, 0.05) is 24.6 Å². The lowest BCUT2D eigenvalue weighted by Gasteiger charge is -2.09. The molecule has 0 radical (unpaired) electrons. The Morgan fingerprint density at radius 2 is 1.80 bits per heavy atom. The molecule has 0 atom stereocenters. The predicted octanol–water partition coefficient (Wildman–Crippen LogP) is 3.26. The monoisotopic (exact) mass is 270 g/mol. The summed E-state index contributed by atoms with van der Waals surface area (Å²) in [5.41, 5.74) is 2.68. The van der Waals surface area contributed by atoms with E-state index < -0.39 is 0 Å². The summed E-state index contributed by atoms with van der Waals surface area (Å²) in [5, 5.41) is 3.29. The number of anilines is 1. The highest BCUT2D eigenvalue weighted by Gasteiger charge is 2.08. The molecule has 1 N–H and O–H groups in total. The number of aromatic nitrogens is 1. The third kappa shape index (κ3) is 4.09. The molecule has 0 amide bonds. The van der Waals surface area contributed by atoms with E-state index in [0.29, 0.717) is 5.56 Å². The van der Waals surface area contributed by atoms with Gasteiger partial charge in [0.25, 0.3) is 0 Å². The van der Waals surface area contributed by atoms with Crippen LogP contribution >= 0.6 is 0 Å². The molecule has 104 valence electrons. The van der Waals surface area contributed by atoms with Crippen LogP contribution in [0.2, 0.25) is 0 Å². The van der Waals surface area contributed by atoms with Gasteiger partial charge < -0.3 is 10.1 Å². The molecule has 0 aliphatic rings. The Morgan fingerprint density at radius 3 is 2.40 bits per heavy atom. The van der Waals surface area contributed by atoms with E-state index in [1.807, 2.05) is 38.1 Å². The molecule has 0 saturated heterocycles. The molecule has 0 fully saturated rings. The van der Waals surface area contributed by atoms with Crippen molar-refractivity contribution in [1.82, 2.24) is 4.98 Å². The van der Waals surface area contributed by atoms with Gasteiger partial charge in [-0.1, -0.05) is 0 Å². The van der Waals surface area contributed by atoms with Crippen LogP contribution in [0, 0.1) is 0 Å². The number of hydrogen-bond acceptors (Lipinski definition) is 4. The van der Waals surface area contributed by atoms with E-state index in [1.165, 1.54) is 0 Å². The summed E-state index contributed by atoms with van der Waals surface area (Å²) < 4.78 is 5.14. The summed E-state index contributed by atoms with van der Waals surface area (Å²) in [7, 11) is 0. The van der Waals surface area contributed by atoms with Gasteiger partial charge in [-0.05, 0) is 55.8 Å². The fourth-order valence-electron chi connectivity index (χ4n) is 1.71. The van der Waals surface area contributed by atoms with Crippen molar-refractivity contribution < 1.29 is 9.53 Å². The van der Waals surface area contributed by atoms with Crippen LogP contribution < -0.4 is 5.32 Å². The topological polar surface area (TPSA) is 51.2 Å². The van der Waals surface area contributed by atoms with Gasteiger partial charge in [-0.2, -0.15) is 0 Å². The second-order valence-corrected chi connectivity index (χ2v) is 4.74. The zero-order valence-electron chi connectivity index (χ0n) is 11.7. The molecule has 2 rings (SSSR count). The van der Waals surface area contributed by atoms with Gasteiger partial charge in [0.15, 0.2) is 0 Å². The molecule has 4 nitrogen and oxygen atoms in total. The Labute approximate surface area is 118 Å². The van der Waals surface area contributed by atoms with E-state index in [9.17, 15) is 4.79 Å². The van der Waals surface area contributed by atoms with Crippen LogP contribution in [0.15, 0.2) is 48.8 Å². The van der Waals surface area contributed by atoms with Crippen LogP contribution in [0.25, 0.3) is 0 Å². The molecular weight excluding hydrogens is 252 g/mol. The van der Waals surface area contributed by atoms with Crippen molar-refractivity contribution in [1.29, 1.82) is 0 Å². The van der Waals surface area contributed by atoms with Crippen molar-refractivity contribution in [2.24, 2.45) is 0 Å². The number of nitrogens with one attached hydrogen (secondary N) is 1. The van der Waals surface area contributed by atoms with Crippen molar-refractivity contribution in [3.8, 4) is 0 Å². The summed E-state index contributed by atoms with van der Waals surface area (Å²) in [6, 6.07) is 11.2. The van der Waals surface area contributed by atoms with Gasteiger partial charge in [-0.15, -0.1) is 0 Å². The minimum absolute atomic E-state index is 0.105. The Bertz CT molecular complexity index is 550. The fraction of sp³-hybridized carbons (Fsp3) is 0.250. The number of hydrogen-bond donors (Lipinski definition) is 1. The molecule has 4 heteroatoms. The van der Waals surface area contributed by atoms with E-state index in [1.54, 1.807) is 24.5 Å². The number of benzene rings is 1. The highest BCUT2D eigenvalue weighted by Crippen LogP contribution is 2.12. The van der Waals surface area contributed by atoms with Crippen LogP contribution in [0.5, 0.6) is 0 Å². The normalized spacial score (nSPS) is 10.3. The first kappa shape index (κ1) is 14.1. The largest absolute Gasteiger partial charge is 0.459 e. The van der Waals surface area contributed by atoms with E-state index in [4.69, 9.17) is 4.74 Å². The van der Waals surface area contributed by atoms with E-state index in [-0.39, 0.29) is 12.1 Å². The van der Waals surface area contributed by atoms with Crippen LogP contribution in [0.1, 0.15) is 29.8 Å². The lowest BCUT2D eigenvalue weighted by Crippen LogP contribution is -2.11. The van der Waals surface area contributed by atoms with Crippen LogP contribution in [0.4, 0.5) is 5.69 Å². The first-order chi connectivity index (χ1) is 9.65. The highest BCUT2D eigenvalue weighted by molar-refractivity contribution is 5.89. The van der Waals surface area contributed by atoms with Gasteiger partial charge in [-0.25, -0.2) is 4.79 Å². The van der Waals surface area contributed by atoms with Crippen molar-refractivity contribution in [2.75, 3.05) is 5.32 Å². The predicted molar refractivity (Wildman–Crippen MR) is 78.6 cm³/mol. The quantitative estimate of drug-likeness (QED) is 0.847. The standard InChI is InChI=1S/C16H18N2O2/c1-12(2)20-16(19)14-3-5-15(6-4-14)18-11-13-7-9-17-10-8-13/h3-10,12,18H,11H2,1-2H3. The average molecular weight is 270 g/mol. The third-order valence-electron chi connectivity index (χ3n) is 2.71. The molecule has 0 unspecified atom stereocenters. The van der Waals surface area contributed by atoms with Crippen molar-refractivity contribution in [3.05, 3.63) is 59.9 Å². The van der Waals surface area contributed by atoms with E-state index >= 15 is 0 Å². The molecule has 0 bridgehead atoms. The Hall–Kier alpha value is -2.36. The number of carbonyl (C=O) groups is 1. The molecule has 1 heterocycles. The summed E-state index contributed by atoms with van der Waals surface area (Å²) in [6.45, 7) is 4.39. The Balaban J connectivity index is 1.93. The van der Waals surface area contributed by atoms with Gasteiger partial charge >= 0.3 is 5.97 Å². The Kier molecular flexibility index (Phi) is 4.71. The van der Waals surface area contributed by atoms with Crippen LogP contribution in [-0.2, 0) is 11.3 Å². The smallest absolute Gasteiger partial charge is 0.338 e. The SMILES string of the molecule is CC(C)OC(=O)c1ccc(NCc2ccncc2)cc1. The zero-order valence-corrected chi connectivity index (χ0v) is 11.7. The molecule has 0 saturated carbocycles. The maximum absolute atomic E-state index is 11.7. The van der Waals surface area contributed by atoms with Crippen LogP contribution in [-0.4, -0.2) is 17.1 Å². The second kappa shape index (κ2) is 6.70. The second-order valence-electron chi connectivity index (χ2n) is 4.74. The van der Waals surface area contributed by atoms with E-state index in [0.717, 1.165) is 17.8 Å². The van der Waals surface area contributed by atoms with Crippen molar-refractivity contribution in [2.45, 2.75) is 26.5 Å². The minimum atomic E-state index is -0.291. The molecule has 2 aromatic rings. The molecule has 0 aliphatic heterocycles. The average Bonchev–Trinajstić information content (AvgIpc) is 2.46. The maximum atomic E-state index is 11.7. The molecule has 20 heavy (non-hydrogen) atoms. The molecule has 1 aromatic carbocycles. The summed E-state index contributed by atoms with van der Waals surface area (Å²) in [4.78, 5) is 15.7. The van der Waals surface area contributed by atoms with Gasteiger partial charge in [0.2, 0.25) is 0 Å². The van der Waals surface area contributed by atoms with Crippen molar-refractivity contribution in [3.63, 3.8) is 0 Å². The van der Waals surface area contributed by atoms with Gasteiger partial charge in [-0.3, -0.25) is 4.98 Å². The summed E-state index contributed by atoms with van der Waals surface area (Å²) in [6.07, 6.45) is 3.43. The number of nitrogens with zero attached hydrogens (tertiary/aromatic N) is 1. The highest BCUT2D eigenvalue weighted by atomic mass is 16.5. The zero-order chi connectivity index (χ0) is 14.4. The third-order valence-corrected chi connectivity index (χ3v) is 2.71. The molecule has 1 aromatic heterocycles. The van der Waals surface area contributed by atoms with Crippen LogP contribution in [0.3, 0.4) is 0 Å². The fourth-order valence-corrected chi connectivity index (χ4v) is 1.71. The number of esters is 1. The first-order valence-corrected chi connectivity index (χ1v) is 6.59. The first-order valence-electron chi connectivity index (χ1n) is 6.59. The number of carbonyl (C=O) groups excluding carboxylic acids is 1. The summed E-state index contributed by atoms with van der Waals surface area (Å²) >= 11 is 0. The van der Waals surface area contributed by atoms with E-state index in [2.05, 4.69) is 10.3 Å². The Morgan fingerprint density at radius 1 is 1.15 bits per heavy atom. The molecule has 0 aliphatic carbocycles. The molecule has 0 spiro atoms. The molecular formula is C16H18N2O2. The van der Waals surface area contributed by atoms with Gasteiger partial charge in [0.1, 0.15) is 0 Å². The summed E-state index contributed by atoms with van der Waals surface area (Å²) in [5.74, 6) is -0.291. The van der Waals surface area contributed by atoms with Crippen molar-refractivity contribution >= 4 is 11.7 Å².